The zero-order valence-electron chi connectivity index (χ0n) is 29.9. The monoisotopic (exact) mass is 718 g/mol. The lowest BCUT2D eigenvalue weighted by Crippen LogP contribution is -2.11. The van der Waals surface area contributed by atoms with Crippen molar-refractivity contribution >= 4 is 81.1 Å². The van der Waals surface area contributed by atoms with E-state index in [0.717, 1.165) is 28.3 Å². The lowest BCUT2D eigenvalue weighted by molar-refractivity contribution is 1.18. The molecule has 0 bridgehead atoms. The SMILES string of the molecule is c1ccc(-c2ccccc2N(c2ccc3ccccc3c2)c2ccc3c4ccccc4n(-c4ccccc4-c4cccc5c4sc4ccccc45)c3c2)cc1. The van der Waals surface area contributed by atoms with E-state index < -0.39 is 0 Å². The van der Waals surface area contributed by atoms with Gasteiger partial charge in [-0.1, -0.05) is 158 Å². The molecule has 2 nitrogen and oxygen atoms in total. The summed E-state index contributed by atoms with van der Waals surface area (Å²) in [6.45, 7) is 0. The van der Waals surface area contributed by atoms with Crippen LogP contribution in [0.25, 0.3) is 80.7 Å². The van der Waals surface area contributed by atoms with Crippen molar-refractivity contribution in [2.45, 2.75) is 0 Å². The molecular weight excluding hydrogens is 685 g/mol. The van der Waals surface area contributed by atoms with Gasteiger partial charge >= 0.3 is 0 Å². The number of nitrogens with zero attached hydrogens (tertiary/aromatic N) is 2. The number of aromatic nitrogens is 1. The Morgan fingerprint density at radius 2 is 1.02 bits per heavy atom. The van der Waals surface area contributed by atoms with Crippen LogP contribution in [0.1, 0.15) is 0 Å². The molecule has 0 aliphatic carbocycles. The highest BCUT2D eigenvalue weighted by Gasteiger charge is 2.22. The number of hydrogen-bond donors (Lipinski definition) is 0. The maximum absolute atomic E-state index is 2.48. The average molecular weight is 719 g/mol. The van der Waals surface area contributed by atoms with Crippen LogP contribution < -0.4 is 4.90 Å². The summed E-state index contributed by atoms with van der Waals surface area (Å²) >= 11 is 1.88. The lowest BCUT2D eigenvalue weighted by atomic mass is 10.0. The summed E-state index contributed by atoms with van der Waals surface area (Å²) in [7, 11) is 0. The zero-order chi connectivity index (χ0) is 36.3. The van der Waals surface area contributed by atoms with Gasteiger partial charge in [0.05, 0.1) is 22.4 Å². The number of rotatable bonds is 6. The third kappa shape index (κ3) is 5.16. The number of fused-ring (bicyclic) bond motifs is 7. The molecule has 0 amide bonds. The number of hydrogen-bond acceptors (Lipinski definition) is 2. The Balaban J connectivity index is 1.18. The van der Waals surface area contributed by atoms with Crippen molar-refractivity contribution in [2.75, 3.05) is 4.90 Å². The quantitative estimate of drug-likeness (QED) is 0.166. The van der Waals surface area contributed by atoms with Gasteiger partial charge in [-0.05, 0) is 64.9 Å². The topological polar surface area (TPSA) is 8.17 Å². The van der Waals surface area contributed by atoms with Crippen molar-refractivity contribution in [3.63, 3.8) is 0 Å². The van der Waals surface area contributed by atoms with Gasteiger partial charge < -0.3 is 9.47 Å². The summed E-state index contributed by atoms with van der Waals surface area (Å²) in [5.41, 5.74) is 11.7. The third-order valence-electron chi connectivity index (χ3n) is 11.0. The van der Waals surface area contributed by atoms with Gasteiger partial charge in [0.15, 0.2) is 0 Å². The first-order valence-electron chi connectivity index (χ1n) is 18.8. The third-order valence-corrected chi connectivity index (χ3v) is 12.2. The second kappa shape index (κ2) is 12.9. The molecule has 11 rings (SSSR count). The molecule has 0 aliphatic heterocycles. The van der Waals surface area contributed by atoms with Crippen LogP contribution in [-0.2, 0) is 0 Å². The molecule has 0 unspecified atom stereocenters. The minimum absolute atomic E-state index is 1.10. The molecule has 2 heterocycles. The van der Waals surface area contributed by atoms with E-state index in [4.69, 9.17) is 0 Å². The van der Waals surface area contributed by atoms with E-state index in [1.807, 2.05) is 11.3 Å². The van der Waals surface area contributed by atoms with Gasteiger partial charge in [0.25, 0.3) is 0 Å². The molecule has 0 atom stereocenters. The van der Waals surface area contributed by atoms with Crippen LogP contribution in [-0.4, -0.2) is 4.57 Å². The normalized spacial score (nSPS) is 11.6. The Bertz CT molecular complexity index is 3220. The fraction of sp³-hybridized carbons (Fsp3) is 0. The fourth-order valence-electron chi connectivity index (χ4n) is 8.49. The van der Waals surface area contributed by atoms with Crippen LogP contribution in [0.3, 0.4) is 0 Å². The maximum Gasteiger partial charge on any atom is 0.0562 e. The largest absolute Gasteiger partial charge is 0.310 e. The predicted octanol–water partition coefficient (Wildman–Crippen LogP) is 15.1. The average Bonchev–Trinajstić information content (AvgIpc) is 3.80. The standard InChI is InChI=1S/C52H34N2S/c1-2-16-36(17-3-1)40-19-6-10-25-47(40)53(38-30-29-35-15-4-5-18-37(35)33-38)39-31-32-43-41-20-7-11-26-48(41)54(50(43)34-39)49-27-12-8-21-42(49)45-23-14-24-46-44-22-9-13-28-51(44)55-52(45)46/h1-34H. The highest BCUT2D eigenvalue weighted by molar-refractivity contribution is 7.26. The van der Waals surface area contributed by atoms with E-state index in [-0.39, 0.29) is 0 Å². The van der Waals surface area contributed by atoms with E-state index in [1.165, 1.54) is 69.5 Å². The van der Waals surface area contributed by atoms with E-state index in [1.54, 1.807) is 0 Å². The molecule has 0 saturated carbocycles. The Morgan fingerprint density at radius 1 is 0.382 bits per heavy atom. The van der Waals surface area contributed by atoms with Crippen molar-refractivity contribution in [3.05, 3.63) is 206 Å². The van der Waals surface area contributed by atoms with E-state index in [0.29, 0.717) is 0 Å². The van der Waals surface area contributed by atoms with Gasteiger partial charge in [0, 0.05) is 59.0 Å². The second-order valence-electron chi connectivity index (χ2n) is 14.1. The Hall–Kier alpha value is -6.94. The van der Waals surface area contributed by atoms with Crippen LogP contribution in [0.2, 0.25) is 0 Å². The summed E-state index contributed by atoms with van der Waals surface area (Å²) in [6.07, 6.45) is 0. The molecule has 9 aromatic carbocycles. The number of anilines is 3. The number of para-hydroxylation sites is 3. The van der Waals surface area contributed by atoms with Crippen LogP contribution in [0.5, 0.6) is 0 Å². The van der Waals surface area contributed by atoms with Crippen LogP contribution in [0.15, 0.2) is 206 Å². The number of benzene rings is 9. The van der Waals surface area contributed by atoms with Gasteiger partial charge in [-0.2, -0.15) is 0 Å². The molecule has 258 valence electrons. The van der Waals surface area contributed by atoms with Gasteiger partial charge in [-0.3, -0.25) is 0 Å². The molecule has 0 fully saturated rings. The van der Waals surface area contributed by atoms with Crippen LogP contribution >= 0.6 is 11.3 Å². The molecule has 3 heteroatoms. The lowest BCUT2D eigenvalue weighted by Gasteiger charge is -2.28. The van der Waals surface area contributed by atoms with Gasteiger partial charge in [0.2, 0.25) is 0 Å². The number of thiophene rings is 1. The Morgan fingerprint density at radius 3 is 1.93 bits per heavy atom. The fourth-order valence-corrected chi connectivity index (χ4v) is 9.72. The molecule has 0 saturated heterocycles. The molecular formula is C52H34N2S. The minimum Gasteiger partial charge on any atom is -0.310 e. The van der Waals surface area contributed by atoms with Crippen molar-refractivity contribution in [2.24, 2.45) is 0 Å². The van der Waals surface area contributed by atoms with E-state index in [2.05, 4.69) is 216 Å². The summed E-state index contributed by atoms with van der Waals surface area (Å²) < 4.78 is 5.11. The van der Waals surface area contributed by atoms with Crippen molar-refractivity contribution in [1.29, 1.82) is 0 Å². The Labute approximate surface area is 323 Å². The highest BCUT2D eigenvalue weighted by Crippen LogP contribution is 2.46. The first-order chi connectivity index (χ1) is 27.3. The maximum atomic E-state index is 2.48. The molecule has 2 aromatic heterocycles. The smallest absolute Gasteiger partial charge is 0.0562 e. The van der Waals surface area contributed by atoms with Crippen molar-refractivity contribution < 1.29 is 0 Å². The highest BCUT2D eigenvalue weighted by atomic mass is 32.1. The molecule has 0 N–H and O–H groups in total. The second-order valence-corrected chi connectivity index (χ2v) is 15.2. The minimum atomic E-state index is 1.10. The van der Waals surface area contributed by atoms with E-state index >= 15 is 0 Å². The first-order valence-corrected chi connectivity index (χ1v) is 19.6. The summed E-state index contributed by atoms with van der Waals surface area (Å²) in [4.78, 5) is 2.43. The van der Waals surface area contributed by atoms with E-state index in [9.17, 15) is 0 Å². The molecule has 0 radical (unpaired) electrons. The van der Waals surface area contributed by atoms with Gasteiger partial charge in [-0.25, -0.2) is 0 Å². The van der Waals surface area contributed by atoms with Crippen molar-refractivity contribution in [3.8, 4) is 27.9 Å². The van der Waals surface area contributed by atoms with Crippen molar-refractivity contribution in [1.82, 2.24) is 4.57 Å². The van der Waals surface area contributed by atoms with Crippen LogP contribution in [0.4, 0.5) is 17.1 Å². The molecule has 11 aromatic rings. The molecule has 55 heavy (non-hydrogen) atoms. The Kier molecular flexibility index (Phi) is 7.39. The van der Waals surface area contributed by atoms with Gasteiger partial charge in [0.1, 0.15) is 0 Å². The molecule has 0 aliphatic rings. The first kappa shape index (κ1) is 31.6. The zero-order valence-corrected chi connectivity index (χ0v) is 30.7. The van der Waals surface area contributed by atoms with Crippen LogP contribution in [0, 0.1) is 0 Å². The summed E-state index contributed by atoms with van der Waals surface area (Å²) in [5, 5.41) is 7.52. The van der Waals surface area contributed by atoms with Gasteiger partial charge in [-0.15, -0.1) is 11.3 Å². The summed E-state index contributed by atoms with van der Waals surface area (Å²) in [5.74, 6) is 0. The summed E-state index contributed by atoms with van der Waals surface area (Å²) in [6, 6.07) is 75.2. The molecule has 0 spiro atoms. The predicted molar refractivity (Wildman–Crippen MR) is 237 cm³/mol.